The second-order valence-electron chi connectivity index (χ2n) is 4.87. The van der Waals surface area contributed by atoms with Crippen molar-refractivity contribution in [3.05, 3.63) is 71.8 Å². The molecule has 1 N–H and O–H groups in total. The summed E-state index contributed by atoms with van der Waals surface area (Å²) in [6.07, 6.45) is 3.29. The van der Waals surface area contributed by atoms with Crippen molar-refractivity contribution in [3.63, 3.8) is 0 Å². The second-order valence-corrected chi connectivity index (χ2v) is 4.87. The summed E-state index contributed by atoms with van der Waals surface area (Å²) in [5.41, 5.74) is 1.55. The fourth-order valence-electron chi connectivity index (χ4n) is 1.94. The van der Waals surface area contributed by atoms with E-state index in [-0.39, 0.29) is 18.3 Å². The van der Waals surface area contributed by atoms with Gasteiger partial charge in [-0.1, -0.05) is 48.5 Å². The Morgan fingerprint density at radius 1 is 1.04 bits per heavy atom. The van der Waals surface area contributed by atoms with Gasteiger partial charge in [0.15, 0.2) is 12.4 Å². The summed E-state index contributed by atoms with van der Waals surface area (Å²) in [4.78, 5) is 23.3. The molecule has 4 heteroatoms. The number of likely N-dealkylation sites (N-methyl/N-ethyl adjacent to an activating group) is 1. The molecule has 0 saturated carbocycles. The summed E-state index contributed by atoms with van der Waals surface area (Å²) < 4.78 is 5.37. The number of allylic oxidation sites excluding steroid dienone is 1. The molecule has 0 atom stereocenters. The first-order valence-corrected chi connectivity index (χ1v) is 7.46. The Morgan fingerprint density at radius 2 is 1.74 bits per heavy atom. The van der Waals surface area contributed by atoms with Crippen LogP contribution in [0.1, 0.15) is 22.8 Å². The van der Waals surface area contributed by atoms with Crippen LogP contribution in [-0.4, -0.2) is 24.8 Å². The van der Waals surface area contributed by atoms with Crippen LogP contribution in [0, 0.1) is 0 Å². The van der Waals surface area contributed by atoms with E-state index in [1.807, 2.05) is 37.3 Å². The van der Waals surface area contributed by atoms with E-state index in [1.54, 1.807) is 36.4 Å². The molecule has 1 amide bonds. The van der Waals surface area contributed by atoms with Gasteiger partial charge < -0.3 is 10.1 Å². The first-order chi connectivity index (χ1) is 11.2. The van der Waals surface area contributed by atoms with Gasteiger partial charge >= 0.3 is 0 Å². The normalized spacial score (nSPS) is 10.5. The number of hydrogen-bond donors (Lipinski definition) is 1. The molecule has 0 unspecified atom stereocenters. The summed E-state index contributed by atoms with van der Waals surface area (Å²) in [5, 5.41) is 2.66. The Hall–Kier alpha value is -2.88. The highest BCUT2D eigenvalue weighted by atomic mass is 16.5. The molecular weight excluding hydrogens is 290 g/mol. The fraction of sp³-hybridized carbons (Fsp3) is 0.158. The van der Waals surface area contributed by atoms with Gasteiger partial charge in [-0.3, -0.25) is 9.59 Å². The molecule has 0 spiro atoms. The summed E-state index contributed by atoms with van der Waals surface area (Å²) in [6.45, 7) is 2.44. The van der Waals surface area contributed by atoms with Crippen LogP contribution in [0.4, 0.5) is 0 Å². The molecule has 0 aromatic heterocycles. The van der Waals surface area contributed by atoms with E-state index >= 15 is 0 Å². The van der Waals surface area contributed by atoms with E-state index in [1.165, 1.54) is 0 Å². The van der Waals surface area contributed by atoms with Gasteiger partial charge in [-0.25, -0.2) is 0 Å². The number of nitrogens with one attached hydrogen (secondary N) is 1. The molecule has 4 nitrogen and oxygen atoms in total. The third-order valence-electron chi connectivity index (χ3n) is 3.11. The van der Waals surface area contributed by atoms with Gasteiger partial charge in [-0.2, -0.15) is 0 Å². The monoisotopic (exact) mass is 309 g/mol. The molecule has 0 aliphatic carbocycles. The maximum Gasteiger partial charge on any atom is 0.257 e. The van der Waals surface area contributed by atoms with Gasteiger partial charge in [-0.15, -0.1) is 0 Å². The number of ether oxygens (including phenoxy) is 1. The van der Waals surface area contributed by atoms with Crippen LogP contribution in [-0.2, 0) is 4.79 Å². The minimum atomic E-state index is -0.148. The molecule has 118 valence electrons. The molecule has 0 heterocycles. The quantitative estimate of drug-likeness (QED) is 0.631. The number of carbonyl (C=O) groups excluding carboxylic acids is 2. The van der Waals surface area contributed by atoms with Crippen molar-refractivity contribution < 1.29 is 14.3 Å². The molecule has 0 radical (unpaired) electrons. The van der Waals surface area contributed by atoms with Crippen molar-refractivity contribution in [1.29, 1.82) is 0 Å². The highest BCUT2D eigenvalue weighted by molar-refractivity contribution is 6.06. The average Bonchev–Trinajstić information content (AvgIpc) is 2.60. The minimum absolute atomic E-state index is 0.00445. The zero-order chi connectivity index (χ0) is 16.5. The number of hydrogen-bond acceptors (Lipinski definition) is 3. The largest absolute Gasteiger partial charge is 0.484 e. The highest BCUT2D eigenvalue weighted by Gasteiger charge is 2.01. The lowest BCUT2D eigenvalue weighted by molar-refractivity contribution is -0.122. The Morgan fingerprint density at radius 3 is 2.39 bits per heavy atom. The van der Waals surface area contributed by atoms with Gasteiger partial charge in [-0.05, 0) is 30.7 Å². The third kappa shape index (κ3) is 5.43. The van der Waals surface area contributed by atoms with Crippen molar-refractivity contribution in [2.75, 3.05) is 13.2 Å². The topological polar surface area (TPSA) is 55.4 Å². The van der Waals surface area contributed by atoms with Crippen molar-refractivity contribution in [2.45, 2.75) is 6.92 Å². The van der Waals surface area contributed by atoms with Crippen LogP contribution >= 0.6 is 0 Å². The van der Waals surface area contributed by atoms with E-state index in [9.17, 15) is 9.59 Å². The molecule has 2 aromatic carbocycles. The smallest absolute Gasteiger partial charge is 0.257 e. The van der Waals surface area contributed by atoms with E-state index in [2.05, 4.69) is 5.32 Å². The first kappa shape index (κ1) is 16.5. The molecule has 0 saturated heterocycles. The van der Waals surface area contributed by atoms with Crippen LogP contribution in [0.15, 0.2) is 60.7 Å². The lowest BCUT2D eigenvalue weighted by atomic mass is 10.1. The zero-order valence-electron chi connectivity index (χ0n) is 13.0. The van der Waals surface area contributed by atoms with Crippen molar-refractivity contribution in [1.82, 2.24) is 5.32 Å². The number of ketones is 1. The molecule has 2 aromatic rings. The van der Waals surface area contributed by atoms with E-state index in [0.29, 0.717) is 17.9 Å². The van der Waals surface area contributed by atoms with Crippen LogP contribution < -0.4 is 10.1 Å². The molecule has 0 aliphatic heterocycles. The van der Waals surface area contributed by atoms with Crippen molar-refractivity contribution in [3.8, 4) is 5.75 Å². The predicted molar refractivity (Wildman–Crippen MR) is 90.4 cm³/mol. The van der Waals surface area contributed by atoms with E-state index < -0.39 is 0 Å². The van der Waals surface area contributed by atoms with Gasteiger partial charge in [0.25, 0.3) is 5.91 Å². The van der Waals surface area contributed by atoms with Crippen LogP contribution in [0.5, 0.6) is 5.75 Å². The molecule has 0 bridgehead atoms. The predicted octanol–water partition coefficient (Wildman–Crippen LogP) is 3.10. The Balaban J connectivity index is 1.91. The van der Waals surface area contributed by atoms with E-state index in [0.717, 1.165) is 5.56 Å². The molecule has 2 rings (SSSR count). The van der Waals surface area contributed by atoms with Gasteiger partial charge in [0.05, 0.1) is 0 Å². The number of carbonyl (C=O) groups is 2. The molecule has 0 fully saturated rings. The Kier molecular flexibility index (Phi) is 6.12. The average molecular weight is 309 g/mol. The highest BCUT2D eigenvalue weighted by Crippen LogP contribution is 2.13. The second kappa shape index (κ2) is 8.54. The molecule has 0 aliphatic rings. The lowest BCUT2D eigenvalue weighted by Gasteiger charge is -2.06. The van der Waals surface area contributed by atoms with Crippen LogP contribution in [0.3, 0.4) is 0 Å². The maximum atomic E-state index is 12.0. The third-order valence-corrected chi connectivity index (χ3v) is 3.11. The summed E-state index contributed by atoms with van der Waals surface area (Å²) in [5.74, 6) is 0.426. The first-order valence-electron chi connectivity index (χ1n) is 7.46. The zero-order valence-corrected chi connectivity index (χ0v) is 13.0. The number of benzene rings is 2. The van der Waals surface area contributed by atoms with E-state index in [4.69, 9.17) is 4.74 Å². The van der Waals surface area contributed by atoms with Crippen molar-refractivity contribution >= 4 is 17.8 Å². The van der Waals surface area contributed by atoms with Crippen LogP contribution in [0.2, 0.25) is 0 Å². The van der Waals surface area contributed by atoms with Gasteiger partial charge in [0.1, 0.15) is 5.75 Å². The lowest BCUT2D eigenvalue weighted by Crippen LogP contribution is -2.28. The SMILES string of the molecule is CCNC(=O)COc1ccc(C=CC(=O)c2ccccc2)cc1. The Bertz CT molecular complexity index is 676. The minimum Gasteiger partial charge on any atom is -0.484 e. The number of rotatable bonds is 7. The van der Waals surface area contributed by atoms with Crippen molar-refractivity contribution in [2.24, 2.45) is 0 Å². The Labute approximate surface area is 135 Å². The molecule has 23 heavy (non-hydrogen) atoms. The summed E-state index contributed by atoms with van der Waals surface area (Å²) >= 11 is 0. The van der Waals surface area contributed by atoms with Gasteiger partial charge in [0.2, 0.25) is 0 Å². The maximum absolute atomic E-state index is 12.0. The fourth-order valence-corrected chi connectivity index (χ4v) is 1.94. The van der Waals surface area contributed by atoms with Gasteiger partial charge in [0, 0.05) is 12.1 Å². The molecular formula is C19H19NO3. The van der Waals surface area contributed by atoms with Crippen LogP contribution in [0.25, 0.3) is 6.08 Å². The number of amides is 1. The summed E-state index contributed by atoms with van der Waals surface area (Å²) in [7, 11) is 0. The standard InChI is InChI=1S/C19H19NO3/c1-2-20-19(22)14-23-17-11-8-15(9-12-17)10-13-18(21)16-6-4-3-5-7-16/h3-13H,2,14H2,1H3,(H,20,22). The summed E-state index contributed by atoms with van der Waals surface area (Å²) in [6, 6.07) is 16.3.